The summed E-state index contributed by atoms with van der Waals surface area (Å²) in [5, 5.41) is 7.60. The van der Waals surface area contributed by atoms with Gasteiger partial charge in [-0.1, -0.05) is 4.89 Å². The van der Waals surface area contributed by atoms with Crippen LogP contribution in [0.5, 0.6) is 0 Å². The highest BCUT2D eigenvalue weighted by molar-refractivity contribution is 7.76. The Hall–Kier alpha value is -0.660. The molecular weight excluding hydrogens is 138 g/mol. The van der Waals surface area contributed by atoms with Crippen molar-refractivity contribution in [2.75, 3.05) is 0 Å². The zero-order valence-electron chi connectivity index (χ0n) is 3.49. The third-order valence-electron chi connectivity index (χ3n) is 0.197. The van der Waals surface area contributed by atoms with E-state index in [0.29, 0.717) is 0 Å². The van der Waals surface area contributed by atoms with Gasteiger partial charge in [0.15, 0.2) is 0 Å². The molecule has 0 aliphatic carbocycles. The molecule has 0 aromatic heterocycles. The van der Waals surface area contributed by atoms with E-state index in [-0.39, 0.29) is 0 Å². The fraction of sp³-hybridized carbons (Fsp3) is 0. The van der Waals surface area contributed by atoms with Crippen molar-refractivity contribution in [2.24, 2.45) is 0 Å². The summed E-state index contributed by atoms with van der Waals surface area (Å²) >= 11 is -2.69. The third kappa shape index (κ3) is 5.34. The highest BCUT2D eigenvalue weighted by atomic mass is 32.2. The number of carbonyl (C=O) groups is 1. The van der Waals surface area contributed by atoms with Crippen molar-refractivity contribution in [3.63, 3.8) is 0 Å². The Morgan fingerprint density at radius 3 is 2.50 bits per heavy atom. The molecular formula is CH2NO5S-. The summed E-state index contributed by atoms with van der Waals surface area (Å²) in [5.74, 6) is 0. The van der Waals surface area contributed by atoms with Gasteiger partial charge in [-0.05, 0) is 0 Å². The lowest BCUT2D eigenvalue weighted by molar-refractivity contribution is 0.0716. The van der Waals surface area contributed by atoms with Crippen LogP contribution in [0.1, 0.15) is 0 Å². The molecule has 0 aromatic rings. The topological polar surface area (TPSA) is 98.7 Å². The molecule has 0 radical (unpaired) electrons. The molecule has 0 aromatic carbocycles. The molecule has 0 rings (SSSR count). The quantitative estimate of drug-likeness (QED) is 0.377. The van der Waals surface area contributed by atoms with Crippen molar-refractivity contribution >= 4 is 17.4 Å². The van der Waals surface area contributed by atoms with E-state index in [0.717, 1.165) is 4.89 Å². The molecule has 0 amide bonds. The van der Waals surface area contributed by atoms with Crippen LogP contribution in [0.2, 0.25) is 0 Å². The van der Waals surface area contributed by atoms with Gasteiger partial charge >= 0.3 is 6.16 Å². The minimum absolute atomic E-state index is 1.16. The molecule has 0 saturated heterocycles. The molecule has 0 bridgehead atoms. The van der Waals surface area contributed by atoms with Gasteiger partial charge in [0.2, 0.25) is 0 Å². The zero-order valence-corrected chi connectivity index (χ0v) is 4.30. The minimum atomic E-state index is -2.69. The Balaban J connectivity index is 3.18. The van der Waals surface area contributed by atoms with Crippen LogP contribution < -0.4 is 4.89 Å². The van der Waals surface area contributed by atoms with Gasteiger partial charge in [0.25, 0.3) is 0 Å². The van der Waals surface area contributed by atoms with Gasteiger partial charge in [0.1, 0.15) is 0 Å². The van der Waals surface area contributed by atoms with Gasteiger partial charge in [0, 0.05) is 0 Å². The van der Waals surface area contributed by atoms with Gasteiger partial charge in [-0.2, -0.15) is 0 Å². The number of nitrogens with one attached hydrogen (secondary N) is 1. The standard InChI is InChI=1S/CH3NO5S/c3-1(4)7-2-8(5)6/h2H,(H,3,4)(H,5,6)/p-1. The largest absolute Gasteiger partial charge is 0.758 e. The van der Waals surface area contributed by atoms with Gasteiger partial charge in [-0.3, -0.25) is 4.21 Å². The average Bonchev–Trinajstić information content (AvgIpc) is 1.61. The van der Waals surface area contributed by atoms with Crippen molar-refractivity contribution in [3.05, 3.63) is 0 Å². The monoisotopic (exact) mass is 140 g/mol. The third-order valence-corrected chi connectivity index (χ3v) is 0.416. The fourth-order valence-electron chi connectivity index (χ4n) is 0.0697. The fourth-order valence-corrected chi connectivity index (χ4v) is 0.209. The first-order valence-corrected chi connectivity index (χ1v) is 2.45. The Morgan fingerprint density at radius 1 is 1.88 bits per heavy atom. The second-order valence-corrected chi connectivity index (χ2v) is 1.32. The molecule has 1 unspecified atom stereocenters. The molecule has 6 nitrogen and oxygen atoms in total. The van der Waals surface area contributed by atoms with E-state index in [1.165, 1.54) is 0 Å². The predicted molar refractivity (Wildman–Crippen MR) is 21.2 cm³/mol. The smallest absolute Gasteiger partial charge is 0.526 e. The van der Waals surface area contributed by atoms with Crippen LogP contribution in [0.25, 0.3) is 0 Å². The van der Waals surface area contributed by atoms with Crippen LogP contribution in [0.3, 0.4) is 0 Å². The maximum atomic E-state index is 9.40. The maximum Gasteiger partial charge on any atom is 0.526 e. The van der Waals surface area contributed by atoms with Crippen molar-refractivity contribution in [1.29, 1.82) is 0 Å². The first-order valence-electron chi connectivity index (χ1n) is 1.37. The number of hydrogen-bond donors (Lipinski definition) is 2. The Labute approximate surface area is 46.8 Å². The molecule has 0 fully saturated rings. The molecule has 2 N–H and O–H groups in total. The first-order chi connectivity index (χ1) is 3.63. The predicted octanol–water partition coefficient (Wildman–Crippen LogP) is -1.02. The van der Waals surface area contributed by atoms with Gasteiger partial charge < -0.3 is 14.5 Å². The summed E-state index contributed by atoms with van der Waals surface area (Å²) in [6, 6.07) is 0. The van der Waals surface area contributed by atoms with Gasteiger partial charge in [-0.25, -0.2) is 4.79 Å². The van der Waals surface area contributed by atoms with Crippen LogP contribution in [0.4, 0.5) is 4.79 Å². The van der Waals surface area contributed by atoms with Crippen molar-refractivity contribution in [3.8, 4) is 0 Å². The Morgan fingerprint density at radius 2 is 2.38 bits per heavy atom. The SMILES string of the molecule is O=C(O)ONS(=O)[O-]. The van der Waals surface area contributed by atoms with Crippen LogP contribution in [-0.2, 0) is 16.1 Å². The summed E-state index contributed by atoms with van der Waals surface area (Å²) in [6.45, 7) is 0. The van der Waals surface area contributed by atoms with E-state index in [1.807, 2.05) is 0 Å². The number of rotatable bonds is 2. The summed E-state index contributed by atoms with van der Waals surface area (Å²) in [7, 11) is 0. The molecule has 0 spiro atoms. The number of hydrogen-bond acceptors (Lipinski definition) is 4. The Kier molecular flexibility index (Phi) is 3.08. The maximum absolute atomic E-state index is 9.40. The van der Waals surface area contributed by atoms with E-state index in [4.69, 9.17) is 5.11 Å². The van der Waals surface area contributed by atoms with Crippen molar-refractivity contribution in [2.45, 2.75) is 0 Å². The van der Waals surface area contributed by atoms with E-state index >= 15 is 0 Å². The highest BCUT2D eigenvalue weighted by Gasteiger charge is 1.91. The molecule has 8 heavy (non-hydrogen) atoms. The zero-order chi connectivity index (χ0) is 6.57. The van der Waals surface area contributed by atoms with Crippen LogP contribution in [0, 0.1) is 0 Å². The van der Waals surface area contributed by atoms with Crippen molar-refractivity contribution < 1.29 is 23.5 Å². The molecule has 7 heteroatoms. The summed E-state index contributed by atoms with van der Waals surface area (Å²) in [4.78, 5) is 13.9. The molecule has 1 atom stereocenters. The number of carboxylic acid groups (broad SMARTS) is 1. The summed E-state index contributed by atoms with van der Waals surface area (Å²) in [6.07, 6.45) is -1.70. The summed E-state index contributed by atoms with van der Waals surface area (Å²) < 4.78 is 18.8. The van der Waals surface area contributed by atoms with Gasteiger partial charge in [-0.15, -0.1) is 0 Å². The lowest BCUT2D eigenvalue weighted by atomic mass is 11.4. The molecule has 0 aliphatic heterocycles. The molecule has 0 saturated carbocycles. The molecule has 0 aliphatic rings. The normalized spacial score (nSPS) is 12.6. The molecule has 48 valence electrons. The lowest BCUT2D eigenvalue weighted by Crippen LogP contribution is -2.20. The van der Waals surface area contributed by atoms with E-state index < -0.39 is 17.4 Å². The van der Waals surface area contributed by atoms with Crippen molar-refractivity contribution in [1.82, 2.24) is 4.89 Å². The van der Waals surface area contributed by atoms with Gasteiger partial charge in [0.05, 0.1) is 11.3 Å². The van der Waals surface area contributed by atoms with Crippen LogP contribution >= 0.6 is 0 Å². The second-order valence-electron chi connectivity index (χ2n) is 0.686. The first kappa shape index (κ1) is 7.34. The minimum Gasteiger partial charge on any atom is -0.758 e. The van der Waals surface area contributed by atoms with E-state index in [2.05, 4.69) is 4.84 Å². The van der Waals surface area contributed by atoms with E-state index in [1.54, 1.807) is 0 Å². The second kappa shape index (κ2) is 3.36. The lowest BCUT2D eigenvalue weighted by Gasteiger charge is -2.01. The van der Waals surface area contributed by atoms with E-state index in [9.17, 15) is 13.6 Å². The summed E-state index contributed by atoms with van der Waals surface area (Å²) in [5.41, 5.74) is 0. The van der Waals surface area contributed by atoms with Crippen LogP contribution in [-0.4, -0.2) is 20.0 Å². The Bertz CT molecular complexity index is 97.0. The van der Waals surface area contributed by atoms with Crippen LogP contribution in [0.15, 0.2) is 0 Å². The highest BCUT2D eigenvalue weighted by Crippen LogP contribution is 1.68. The average molecular weight is 140 g/mol. The molecule has 0 heterocycles.